The van der Waals surface area contributed by atoms with Gasteiger partial charge in [-0.05, 0) is 60.9 Å². The number of anilines is 1. The van der Waals surface area contributed by atoms with Crippen LogP contribution in [0.3, 0.4) is 0 Å². The fourth-order valence-electron chi connectivity index (χ4n) is 3.45. The molecule has 0 spiro atoms. The molecular formula is C26H23Cl2N3O2. The van der Waals surface area contributed by atoms with E-state index in [9.17, 15) is 4.79 Å². The molecule has 4 aromatic rings. The molecule has 0 aliphatic carbocycles. The highest BCUT2D eigenvalue weighted by Gasteiger charge is 2.10. The van der Waals surface area contributed by atoms with Gasteiger partial charge in [0.2, 0.25) is 0 Å². The van der Waals surface area contributed by atoms with Crippen LogP contribution in [0.25, 0.3) is 0 Å². The van der Waals surface area contributed by atoms with Crippen LogP contribution in [0.4, 0.5) is 5.82 Å². The molecule has 7 heteroatoms. The molecule has 0 aliphatic heterocycles. The SMILES string of the molecule is Cc1ccc(OCc2cccc(C(=O)Nc3ccn(Cc4ccc(Cl)c(Cl)c4)n3)c2)c(C)c1. The van der Waals surface area contributed by atoms with Gasteiger partial charge in [-0.2, -0.15) is 5.10 Å². The van der Waals surface area contributed by atoms with Gasteiger partial charge in [0, 0.05) is 17.8 Å². The third-order valence-corrected chi connectivity index (χ3v) is 5.86. The Morgan fingerprint density at radius 3 is 2.61 bits per heavy atom. The van der Waals surface area contributed by atoms with Gasteiger partial charge < -0.3 is 10.1 Å². The summed E-state index contributed by atoms with van der Waals surface area (Å²) in [5.74, 6) is 1.07. The second-order valence-corrected chi connectivity index (χ2v) is 8.67. The van der Waals surface area contributed by atoms with E-state index in [1.54, 1.807) is 35.1 Å². The molecule has 168 valence electrons. The molecular weight excluding hydrogens is 457 g/mol. The van der Waals surface area contributed by atoms with E-state index in [4.69, 9.17) is 27.9 Å². The van der Waals surface area contributed by atoms with Crippen molar-refractivity contribution >= 4 is 34.9 Å². The first-order valence-electron chi connectivity index (χ1n) is 10.4. The lowest BCUT2D eigenvalue weighted by Crippen LogP contribution is -2.13. The second-order valence-electron chi connectivity index (χ2n) is 7.86. The first-order chi connectivity index (χ1) is 15.9. The minimum Gasteiger partial charge on any atom is -0.489 e. The number of hydrogen-bond donors (Lipinski definition) is 1. The number of ether oxygens (including phenoxy) is 1. The van der Waals surface area contributed by atoms with Gasteiger partial charge in [0.1, 0.15) is 12.4 Å². The Kier molecular flexibility index (Phi) is 7.02. The second kappa shape index (κ2) is 10.1. The van der Waals surface area contributed by atoms with Crippen LogP contribution in [-0.4, -0.2) is 15.7 Å². The van der Waals surface area contributed by atoms with Gasteiger partial charge in [-0.15, -0.1) is 0 Å². The van der Waals surface area contributed by atoms with Crippen LogP contribution < -0.4 is 10.1 Å². The van der Waals surface area contributed by atoms with Crippen molar-refractivity contribution in [2.24, 2.45) is 0 Å². The highest BCUT2D eigenvalue weighted by molar-refractivity contribution is 6.42. The molecule has 0 atom stereocenters. The lowest BCUT2D eigenvalue weighted by Gasteiger charge is -2.11. The average molecular weight is 480 g/mol. The summed E-state index contributed by atoms with van der Waals surface area (Å²) in [5, 5.41) is 8.27. The Morgan fingerprint density at radius 2 is 1.82 bits per heavy atom. The van der Waals surface area contributed by atoms with Crippen LogP contribution in [0, 0.1) is 13.8 Å². The molecule has 3 aromatic carbocycles. The smallest absolute Gasteiger partial charge is 0.256 e. The van der Waals surface area contributed by atoms with E-state index in [1.807, 2.05) is 43.3 Å². The molecule has 1 aromatic heterocycles. The van der Waals surface area contributed by atoms with Crippen LogP contribution in [0.15, 0.2) is 72.9 Å². The van der Waals surface area contributed by atoms with Gasteiger partial charge in [-0.25, -0.2) is 0 Å². The predicted octanol–water partition coefficient (Wildman–Crippen LogP) is 6.69. The van der Waals surface area contributed by atoms with Gasteiger partial charge in [-0.3, -0.25) is 9.48 Å². The number of rotatable bonds is 7. The molecule has 5 nitrogen and oxygen atoms in total. The van der Waals surface area contributed by atoms with E-state index < -0.39 is 0 Å². The summed E-state index contributed by atoms with van der Waals surface area (Å²) in [7, 11) is 0. The number of aromatic nitrogens is 2. The first kappa shape index (κ1) is 22.9. The Balaban J connectivity index is 1.38. The Morgan fingerprint density at radius 1 is 0.970 bits per heavy atom. The van der Waals surface area contributed by atoms with E-state index in [1.165, 1.54) is 5.56 Å². The zero-order chi connectivity index (χ0) is 23.4. The predicted molar refractivity (Wildman–Crippen MR) is 132 cm³/mol. The van der Waals surface area contributed by atoms with Crippen molar-refractivity contribution in [3.63, 3.8) is 0 Å². The molecule has 0 saturated carbocycles. The lowest BCUT2D eigenvalue weighted by atomic mass is 10.1. The van der Waals surface area contributed by atoms with E-state index in [2.05, 4.69) is 23.4 Å². The number of aryl methyl sites for hydroxylation is 2. The zero-order valence-electron chi connectivity index (χ0n) is 18.3. The molecule has 0 aliphatic rings. The van der Waals surface area contributed by atoms with Crippen molar-refractivity contribution in [2.45, 2.75) is 27.0 Å². The van der Waals surface area contributed by atoms with Crippen LogP contribution in [-0.2, 0) is 13.2 Å². The van der Waals surface area contributed by atoms with Gasteiger partial charge in [0.15, 0.2) is 5.82 Å². The monoisotopic (exact) mass is 479 g/mol. The summed E-state index contributed by atoms with van der Waals surface area (Å²) in [5.41, 5.74) is 4.68. The minimum atomic E-state index is -0.233. The highest BCUT2D eigenvalue weighted by Crippen LogP contribution is 2.23. The Hall–Kier alpha value is -3.28. The summed E-state index contributed by atoms with van der Waals surface area (Å²) in [6.45, 7) is 4.96. The molecule has 0 fully saturated rings. The van der Waals surface area contributed by atoms with Crippen molar-refractivity contribution < 1.29 is 9.53 Å². The molecule has 0 saturated heterocycles. The van der Waals surface area contributed by atoms with Crippen LogP contribution in [0.1, 0.15) is 32.6 Å². The highest BCUT2D eigenvalue weighted by atomic mass is 35.5. The summed E-state index contributed by atoms with van der Waals surface area (Å²) in [6, 6.07) is 20.6. The fraction of sp³-hybridized carbons (Fsp3) is 0.154. The van der Waals surface area contributed by atoms with Crippen molar-refractivity contribution in [1.29, 1.82) is 0 Å². The van der Waals surface area contributed by atoms with Crippen molar-refractivity contribution in [2.75, 3.05) is 5.32 Å². The van der Waals surface area contributed by atoms with Gasteiger partial charge in [0.05, 0.1) is 16.6 Å². The number of halogens is 2. The summed E-state index contributed by atoms with van der Waals surface area (Å²) in [4.78, 5) is 12.7. The summed E-state index contributed by atoms with van der Waals surface area (Å²) >= 11 is 12.0. The number of nitrogens with zero attached hydrogens (tertiary/aromatic N) is 2. The van der Waals surface area contributed by atoms with Crippen molar-refractivity contribution in [3.8, 4) is 5.75 Å². The summed E-state index contributed by atoms with van der Waals surface area (Å²) in [6.07, 6.45) is 1.80. The maximum Gasteiger partial charge on any atom is 0.256 e. The maximum absolute atomic E-state index is 12.7. The zero-order valence-corrected chi connectivity index (χ0v) is 19.8. The fourth-order valence-corrected chi connectivity index (χ4v) is 3.78. The van der Waals surface area contributed by atoms with Gasteiger partial charge in [-0.1, -0.05) is 59.1 Å². The van der Waals surface area contributed by atoms with Crippen LogP contribution in [0.2, 0.25) is 10.0 Å². The normalized spacial score (nSPS) is 10.8. The third-order valence-electron chi connectivity index (χ3n) is 5.12. The molecule has 4 rings (SSSR count). The van der Waals surface area contributed by atoms with Crippen molar-refractivity contribution in [3.05, 3.63) is 111 Å². The minimum absolute atomic E-state index is 0.233. The summed E-state index contributed by atoms with van der Waals surface area (Å²) < 4.78 is 7.67. The Bertz CT molecular complexity index is 1300. The molecule has 0 radical (unpaired) electrons. The number of nitrogens with one attached hydrogen (secondary N) is 1. The standard InChI is InChI=1S/C26H23Cl2N3O2/c1-17-6-9-24(18(2)12-17)33-16-20-4-3-5-21(13-20)26(32)29-25-10-11-31(30-25)15-19-7-8-22(27)23(28)14-19/h3-14H,15-16H2,1-2H3,(H,29,30,32). The topological polar surface area (TPSA) is 56.1 Å². The molecule has 1 heterocycles. The van der Waals surface area contributed by atoms with E-state index >= 15 is 0 Å². The third kappa shape index (κ3) is 5.95. The first-order valence-corrected chi connectivity index (χ1v) is 11.2. The number of amides is 1. The molecule has 0 unspecified atom stereocenters. The Labute approximate surface area is 202 Å². The molecule has 1 amide bonds. The molecule has 0 bridgehead atoms. The molecule has 33 heavy (non-hydrogen) atoms. The number of benzene rings is 3. The lowest BCUT2D eigenvalue weighted by molar-refractivity contribution is 0.102. The van der Waals surface area contributed by atoms with E-state index in [0.717, 1.165) is 22.4 Å². The van der Waals surface area contributed by atoms with E-state index in [-0.39, 0.29) is 5.91 Å². The number of hydrogen-bond acceptors (Lipinski definition) is 3. The van der Waals surface area contributed by atoms with Gasteiger partial charge >= 0.3 is 0 Å². The number of carbonyl (C=O) groups is 1. The average Bonchev–Trinajstić information content (AvgIpc) is 3.22. The van der Waals surface area contributed by atoms with Crippen LogP contribution >= 0.6 is 23.2 Å². The van der Waals surface area contributed by atoms with Crippen molar-refractivity contribution in [1.82, 2.24) is 9.78 Å². The van der Waals surface area contributed by atoms with Gasteiger partial charge in [0.25, 0.3) is 5.91 Å². The van der Waals surface area contributed by atoms with Crippen LogP contribution in [0.5, 0.6) is 5.75 Å². The molecule has 1 N–H and O–H groups in total. The maximum atomic E-state index is 12.7. The largest absolute Gasteiger partial charge is 0.489 e. The quantitative estimate of drug-likeness (QED) is 0.321. The number of carbonyl (C=O) groups excluding carboxylic acids is 1. The van der Waals surface area contributed by atoms with E-state index in [0.29, 0.717) is 34.6 Å².